The fourth-order valence-electron chi connectivity index (χ4n) is 6.84. The lowest BCUT2D eigenvalue weighted by atomic mass is 10.1. The fourth-order valence-corrected chi connectivity index (χ4v) is 11.8. The Bertz CT molecular complexity index is 2080. The highest BCUT2D eigenvalue weighted by molar-refractivity contribution is 7.16. The van der Waals surface area contributed by atoms with E-state index in [0.29, 0.717) is 0 Å². The van der Waals surface area contributed by atoms with Crippen LogP contribution in [-0.4, -0.2) is 26.2 Å². The van der Waals surface area contributed by atoms with Gasteiger partial charge in [-0.2, -0.15) is 0 Å². The third kappa shape index (κ3) is 5.38. The number of hydrogen-bond donors (Lipinski definition) is 2. The van der Waals surface area contributed by atoms with Crippen LogP contribution in [0, 0.1) is 0 Å². The van der Waals surface area contributed by atoms with E-state index in [1.54, 1.807) is 0 Å². The van der Waals surface area contributed by atoms with Gasteiger partial charge >= 0.3 is 0 Å². The molecule has 0 saturated heterocycles. The van der Waals surface area contributed by atoms with E-state index in [1.807, 2.05) is 31.4 Å². The van der Waals surface area contributed by atoms with Gasteiger partial charge in [0.1, 0.15) is 0 Å². The van der Waals surface area contributed by atoms with Crippen LogP contribution in [0.5, 0.6) is 0 Å². The zero-order valence-electron chi connectivity index (χ0n) is 26.0. The first-order chi connectivity index (χ1) is 22.8. The molecule has 0 bridgehead atoms. The van der Waals surface area contributed by atoms with Crippen molar-refractivity contribution in [3.05, 3.63) is 187 Å². The lowest BCUT2D eigenvalue weighted by Crippen LogP contribution is -2.69. The highest BCUT2D eigenvalue weighted by Crippen LogP contribution is 2.32. The molecule has 6 aromatic carbocycles. The van der Waals surface area contributed by atoms with Gasteiger partial charge in [-0.15, -0.1) is 0 Å². The Hall–Kier alpha value is -5.42. The molecular formula is C42H37N3Si. The maximum Gasteiger partial charge on any atom is 0.176 e. The van der Waals surface area contributed by atoms with Crippen LogP contribution in [0.25, 0.3) is 27.5 Å². The Morgan fingerprint density at radius 3 is 1.80 bits per heavy atom. The van der Waals surface area contributed by atoms with Crippen LogP contribution in [0.15, 0.2) is 187 Å². The number of anilines is 1. The summed E-state index contributed by atoms with van der Waals surface area (Å²) in [4.78, 5) is 0. The first kappa shape index (κ1) is 29.3. The van der Waals surface area contributed by atoms with Gasteiger partial charge in [0, 0.05) is 34.9 Å². The minimum Gasteiger partial charge on any atom is -0.362 e. The normalized spacial score (nSPS) is 12.2. The van der Waals surface area contributed by atoms with E-state index in [1.165, 1.54) is 48.2 Å². The predicted octanol–water partition coefficient (Wildman–Crippen LogP) is 7.56. The van der Waals surface area contributed by atoms with Gasteiger partial charge in [0.05, 0.1) is 11.0 Å². The van der Waals surface area contributed by atoms with Crippen molar-refractivity contribution in [3.63, 3.8) is 0 Å². The number of fused-ring (bicyclic) bond motifs is 3. The number of nitrogens with zero attached hydrogens (tertiary/aromatic N) is 1. The van der Waals surface area contributed by atoms with Gasteiger partial charge < -0.3 is 15.2 Å². The van der Waals surface area contributed by atoms with E-state index in [0.717, 1.165) is 12.2 Å². The number of nitrogens with one attached hydrogen (secondary N) is 2. The van der Waals surface area contributed by atoms with Crippen molar-refractivity contribution in [2.75, 3.05) is 18.9 Å². The first-order valence-electron chi connectivity index (χ1n) is 15.8. The zero-order valence-corrected chi connectivity index (χ0v) is 27.0. The Kier molecular flexibility index (Phi) is 8.46. The first-order valence-corrected chi connectivity index (χ1v) is 17.8. The van der Waals surface area contributed by atoms with E-state index >= 15 is 0 Å². The summed E-state index contributed by atoms with van der Waals surface area (Å²) in [6, 6.07) is 59.3. The van der Waals surface area contributed by atoms with Gasteiger partial charge in [0.25, 0.3) is 0 Å². The van der Waals surface area contributed by atoms with E-state index in [2.05, 4.69) is 173 Å². The van der Waals surface area contributed by atoms with E-state index in [9.17, 15) is 0 Å². The Morgan fingerprint density at radius 1 is 0.587 bits per heavy atom. The molecule has 0 fully saturated rings. The topological polar surface area (TPSA) is 29.0 Å². The molecule has 0 spiro atoms. The standard InChI is InChI=1S/C42H37N3Si/c1-43-32-38(25-16-30-44-33-17-6-2-7-18-33)46(35-21-10-4-11-22-35,36-23-12-5-13-24-36)37-28-29-42-40(31-37)39-26-14-15-27-41(39)45(42)34-19-8-3-9-20-34/h2-31,43-44H,32H2,1H3/b30-16+,38-25+. The number of allylic oxidation sites excluding steroid dienone is 2. The lowest BCUT2D eigenvalue weighted by molar-refractivity contribution is 0.905. The third-order valence-electron chi connectivity index (χ3n) is 8.80. The zero-order chi connectivity index (χ0) is 31.2. The van der Waals surface area contributed by atoms with Crippen molar-refractivity contribution in [1.29, 1.82) is 0 Å². The molecule has 4 heteroatoms. The largest absolute Gasteiger partial charge is 0.362 e. The lowest BCUT2D eigenvalue weighted by Gasteiger charge is -2.36. The molecule has 0 radical (unpaired) electrons. The second-order valence-electron chi connectivity index (χ2n) is 11.5. The molecule has 0 atom stereocenters. The molecular weight excluding hydrogens is 575 g/mol. The Labute approximate surface area is 272 Å². The number of hydrogen-bond acceptors (Lipinski definition) is 2. The molecule has 7 aromatic rings. The van der Waals surface area contributed by atoms with Crippen molar-refractivity contribution in [2.45, 2.75) is 0 Å². The fraction of sp³-hybridized carbons (Fsp3) is 0.0476. The number of benzene rings is 6. The van der Waals surface area contributed by atoms with Crippen LogP contribution in [0.3, 0.4) is 0 Å². The highest BCUT2D eigenvalue weighted by Gasteiger charge is 2.42. The number of para-hydroxylation sites is 3. The van der Waals surface area contributed by atoms with Gasteiger partial charge in [-0.1, -0.05) is 139 Å². The number of likely N-dealkylation sites (N-methyl/N-ethyl adjacent to an activating group) is 1. The summed E-state index contributed by atoms with van der Waals surface area (Å²) in [6.45, 7) is 0.759. The van der Waals surface area contributed by atoms with E-state index in [-0.39, 0.29) is 0 Å². The smallest absolute Gasteiger partial charge is 0.176 e. The van der Waals surface area contributed by atoms with Crippen LogP contribution >= 0.6 is 0 Å². The molecule has 0 saturated carbocycles. The quantitative estimate of drug-likeness (QED) is 0.0950. The van der Waals surface area contributed by atoms with Gasteiger partial charge in [0.2, 0.25) is 0 Å². The highest BCUT2D eigenvalue weighted by atomic mass is 28.3. The summed E-state index contributed by atoms with van der Waals surface area (Å²) < 4.78 is 2.39. The Morgan fingerprint density at radius 2 is 1.15 bits per heavy atom. The van der Waals surface area contributed by atoms with Gasteiger partial charge in [-0.05, 0) is 65.1 Å². The van der Waals surface area contributed by atoms with Crippen molar-refractivity contribution in [3.8, 4) is 5.69 Å². The van der Waals surface area contributed by atoms with Crippen molar-refractivity contribution < 1.29 is 0 Å². The molecule has 2 N–H and O–H groups in total. The van der Waals surface area contributed by atoms with Crippen molar-refractivity contribution >= 4 is 51.1 Å². The third-order valence-corrected chi connectivity index (χ3v) is 13.7. The predicted molar refractivity (Wildman–Crippen MR) is 200 cm³/mol. The molecule has 0 aliphatic carbocycles. The molecule has 0 aliphatic heterocycles. The van der Waals surface area contributed by atoms with Gasteiger partial charge in [0.15, 0.2) is 8.07 Å². The molecule has 1 aromatic heterocycles. The average molecular weight is 612 g/mol. The molecule has 7 rings (SSSR count). The summed E-state index contributed by atoms with van der Waals surface area (Å²) in [7, 11) is -0.721. The Balaban J connectivity index is 1.50. The van der Waals surface area contributed by atoms with Crippen LogP contribution in [0.1, 0.15) is 0 Å². The summed E-state index contributed by atoms with van der Waals surface area (Å²) in [5.41, 5.74) is 4.67. The van der Waals surface area contributed by atoms with E-state index in [4.69, 9.17) is 0 Å². The van der Waals surface area contributed by atoms with Crippen LogP contribution < -0.4 is 26.2 Å². The summed E-state index contributed by atoms with van der Waals surface area (Å²) in [5, 5.41) is 15.0. The average Bonchev–Trinajstić information content (AvgIpc) is 3.46. The summed E-state index contributed by atoms with van der Waals surface area (Å²) >= 11 is 0. The maximum absolute atomic E-state index is 3.54. The second-order valence-corrected chi connectivity index (χ2v) is 15.4. The minimum absolute atomic E-state index is 0.759. The van der Waals surface area contributed by atoms with Crippen molar-refractivity contribution in [2.24, 2.45) is 0 Å². The SMILES string of the molecule is CNC/C(=C\C=C\Nc1ccccc1)[Si](c1ccccc1)(c1ccccc1)c1ccc2c(c1)c1ccccc1n2-c1ccccc1. The molecule has 0 unspecified atom stereocenters. The van der Waals surface area contributed by atoms with Crippen LogP contribution in [0.2, 0.25) is 0 Å². The number of aromatic nitrogens is 1. The maximum atomic E-state index is 3.54. The van der Waals surface area contributed by atoms with Gasteiger partial charge in [-0.25, -0.2) is 0 Å². The summed E-state index contributed by atoms with van der Waals surface area (Å²) in [6.07, 6.45) is 6.53. The van der Waals surface area contributed by atoms with E-state index < -0.39 is 8.07 Å². The van der Waals surface area contributed by atoms with Gasteiger partial charge in [-0.3, -0.25) is 0 Å². The van der Waals surface area contributed by atoms with Crippen LogP contribution in [-0.2, 0) is 0 Å². The molecule has 1 heterocycles. The monoisotopic (exact) mass is 611 g/mol. The minimum atomic E-state index is -2.77. The second kappa shape index (κ2) is 13.3. The molecule has 3 nitrogen and oxygen atoms in total. The molecule has 46 heavy (non-hydrogen) atoms. The number of rotatable bonds is 10. The molecule has 224 valence electrons. The molecule has 0 amide bonds. The van der Waals surface area contributed by atoms with Crippen LogP contribution in [0.4, 0.5) is 5.69 Å². The summed E-state index contributed by atoms with van der Waals surface area (Å²) in [5.74, 6) is 0. The van der Waals surface area contributed by atoms with Crippen molar-refractivity contribution in [1.82, 2.24) is 9.88 Å². The molecule has 0 aliphatic rings.